The Hall–Kier alpha value is -1.79. The minimum atomic E-state index is -1.71. The van der Waals surface area contributed by atoms with Crippen molar-refractivity contribution in [2.24, 2.45) is 0 Å². The smallest absolute Gasteiger partial charge is 0.306 e. The average Bonchev–Trinajstić information content (AvgIpc) is 3.29. The summed E-state index contributed by atoms with van der Waals surface area (Å²) in [5.74, 6) is -0.393. The predicted octanol–water partition coefficient (Wildman–Crippen LogP) is 7.02. The second-order valence-electron chi connectivity index (χ2n) is 17.6. The van der Waals surface area contributed by atoms with E-state index in [0.29, 0.717) is 13.0 Å². The first-order valence-electron chi connectivity index (χ1n) is 25.1. The monoisotopic (exact) mass is 915 g/mol. The number of hydrogen-bond donors (Lipinski definition) is 7. The summed E-state index contributed by atoms with van der Waals surface area (Å²) in [6, 6.07) is 0. The van der Waals surface area contributed by atoms with Crippen LogP contribution in [0.3, 0.4) is 0 Å². The molecule has 0 radical (unpaired) electrons. The van der Waals surface area contributed by atoms with E-state index in [2.05, 4.69) is 50.3 Å². The quantitative estimate of drug-likeness (QED) is 0.0188. The van der Waals surface area contributed by atoms with Crippen LogP contribution < -0.4 is 0 Å². The lowest BCUT2D eigenvalue weighted by Gasteiger charge is -2.42. The molecule has 2 saturated heterocycles. The molecule has 0 bridgehead atoms. The largest absolute Gasteiger partial charge is 0.457 e. The van der Waals surface area contributed by atoms with Crippen molar-refractivity contribution in [3.63, 3.8) is 0 Å². The fraction of sp³-hybridized carbons (Fsp3) is 0.860. The van der Waals surface area contributed by atoms with Crippen molar-refractivity contribution in [3.05, 3.63) is 36.5 Å². The zero-order valence-corrected chi connectivity index (χ0v) is 39.5. The molecule has 2 aliphatic heterocycles. The molecule has 64 heavy (non-hydrogen) atoms. The standard InChI is InChI=1S/C50H90O14/c1-3-5-7-9-11-13-15-17-18-19-20-22-24-26-28-30-32-34-59-36-39(62-42(52)33-31-29-27-25-23-21-16-14-12-10-8-6-4-2)37-60-49-48(58)46(56)44(54)41(64-49)38-61-50-47(57)45(55)43(53)40(35-51)63-50/h8,10,14,16,18-19,39-41,43-51,53-58H,3-7,9,11-13,15,17,20-38H2,1-2H3/b10-8-,16-14-,19-18-. The molecule has 14 nitrogen and oxygen atoms in total. The Bertz CT molecular complexity index is 1200. The van der Waals surface area contributed by atoms with Crippen molar-refractivity contribution in [2.45, 2.75) is 242 Å². The van der Waals surface area contributed by atoms with E-state index in [1.165, 1.54) is 77.0 Å². The fourth-order valence-corrected chi connectivity index (χ4v) is 7.73. The van der Waals surface area contributed by atoms with Crippen LogP contribution in [0.15, 0.2) is 36.5 Å². The summed E-state index contributed by atoms with van der Waals surface area (Å²) in [4.78, 5) is 13.0. The number of rotatable bonds is 39. The highest BCUT2D eigenvalue weighted by atomic mass is 16.7. The van der Waals surface area contributed by atoms with Crippen LogP contribution in [0.1, 0.15) is 174 Å². The van der Waals surface area contributed by atoms with E-state index in [0.717, 1.165) is 70.6 Å². The maximum Gasteiger partial charge on any atom is 0.306 e. The van der Waals surface area contributed by atoms with Crippen LogP contribution in [0.4, 0.5) is 0 Å². The van der Waals surface area contributed by atoms with Gasteiger partial charge in [-0.25, -0.2) is 0 Å². The third-order valence-corrected chi connectivity index (χ3v) is 11.9. The first kappa shape index (κ1) is 58.3. The topological polar surface area (TPSA) is 214 Å². The lowest BCUT2D eigenvalue weighted by molar-refractivity contribution is -0.332. The Morgan fingerprint density at radius 3 is 1.58 bits per heavy atom. The summed E-state index contributed by atoms with van der Waals surface area (Å²) in [5, 5.41) is 72.0. The minimum Gasteiger partial charge on any atom is -0.457 e. The van der Waals surface area contributed by atoms with Gasteiger partial charge in [0.25, 0.3) is 0 Å². The van der Waals surface area contributed by atoms with Gasteiger partial charge in [0, 0.05) is 13.0 Å². The normalized spacial score (nSPS) is 27.0. The first-order valence-corrected chi connectivity index (χ1v) is 25.1. The van der Waals surface area contributed by atoms with Crippen LogP contribution in [-0.2, 0) is 33.2 Å². The van der Waals surface area contributed by atoms with Crippen molar-refractivity contribution in [2.75, 3.05) is 33.0 Å². The van der Waals surface area contributed by atoms with Gasteiger partial charge < -0.3 is 64.2 Å². The van der Waals surface area contributed by atoms with Gasteiger partial charge in [-0.05, 0) is 64.2 Å². The maximum absolute atomic E-state index is 13.0. The number of ether oxygens (including phenoxy) is 6. The molecule has 2 rings (SSSR count). The van der Waals surface area contributed by atoms with Gasteiger partial charge in [-0.2, -0.15) is 0 Å². The van der Waals surface area contributed by atoms with E-state index in [-0.39, 0.29) is 19.6 Å². The van der Waals surface area contributed by atoms with Gasteiger partial charge in [-0.15, -0.1) is 0 Å². The van der Waals surface area contributed by atoms with E-state index in [9.17, 15) is 40.5 Å². The molecule has 0 aromatic heterocycles. The lowest BCUT2D eigenvalue weighted by Crippen LogP contribution is -2.61. The predicted molar refractivity (Wildman–Crippen MR) is 247 cm³/mol. The van der Waals surface area contributed by atoms with Crippen LogP contribution >= 0.6 is 0 Å². The summed E-state index contributed by atoms with van der Waals surface area (Å²) in [5.41, 5.74) is 0. The van der Waals surface area contributed by atoms with Crippen LogP contribution in [0, 0.1) is 0 Å². The SMILES string of the molecule is CCC/C=C\C/C=C\CCCCCCCC(=O)OC(COCCCCCCCC/C=C\CCCCCCCCC)COC1OC(COC2OC(CO)C(O)C(O)C2O)C(O)C(O)C1O. The molecular weight excluding hydrogens is 825 g/mol. The molecule has 0 aromatic rings. The van der Waals surface area contributed by atoms with Crippen molar-refractivity contribution in [1.82, 2.24) is 0 Å². The van der Waals surface area contributed by atoms with Gasteiger partial charge >= 0.3 is 5.97 Å². The van der Waals surface area contributed by atoms with Crippen molar-refractivity contribution in [1.29, 1.82) is 0 Å². The molecule has 2 aliphatic rings. The van der Waals surface area contributed by atoms with Gasteiger partial charge in [0.2, 0.25) is 0 Å². The Morgan fingerprint density at radius 2 is 1.00 bits per heavy atom. The summed E-state index contributed by atoms with van der Waals surface area (Å²) in [6.07, 6.45) is 24.9. The maximum atomic E-state index is 13.0. The van der Waals surface area contributed by atoms with E-state index in [1.807, 2.05) is 0 Å². The number of unbranched alkanes of at least 4 members (excludes halogenated alkanes) is 19. The number of aliphatic hydroxyl groups is 7. The highest BCUT2D eigenvalue weighted by molar-refractivity contribution is 5.69. The molecule has 11 unspecified atom stereocenters. The summed E-state index contributed by atoms with van der Waals surface area (Å²) >= 11 is 0. The summed E-state index contributed by atoms with van der Waals surface area (Å²) < 4.78 is 34.2. The first-order chi connectivity index (χ1) is 31.1. The number of carbonyl (C=O) groups excluding carboxylic acids is 1. The van der Waals surface area contributed by atoms with Gasteiger partial charge in [0.1, 0.15) is 54.9 Å². The molecular formula is C50H90O14. The Morgan fingerprint density at radius 1 is 0.516 bits per heavy atom. The molecule has 0 spiro atoms. The lowest BCUT2D eigenvalue weighted by atomic mass is 9.98. The third kappa shape index (κ3) is 25.9. The van der Waals surface area contributed by atoms with E-state index >= 15 is 0 Å². The summed E-state index contributed by atoms with van der Waals surface area (Å²) in [6.45, 7) is 3.58. The van der Waals surface area contributed by atoms with Gasteiger partial charge in [0.05, 0.1) is 26.4 Å². The van der Waals surface area contributed by atoms with Crippen LogP contribution in [0.2, 0.25) is 0 Å². The van der Waals surface area contributed by atoms with Crippen molar-refractivity contribution < 1.29 is 69.0 Å². The molecule has 374 valence electrons. The average molecular weight is 915 g/mol. The van der Waals surface area contributed by atoms with Crippen molar-refractivity contribution in [3.8, 4) is 0 Å². The van der Waals surface area contributed by atoms with E-state index in [1.54, 1.807) is 0 Å². The Balaban J connectivity index is 1.78. The van der Waals surface area contributed by atoms with Gasteiger partial charge in [0.15, 0.2) is 12.6 Å². The zero-order chi connectivity index (χ0) is 46.6. The Labute approximate surface area is 385 Å². The fourth-order valence-electron chi connectivity index (χ4n) is 7.73. The molecule has 2 fully saturated rings. The second-order valence-corrected chi connectivity index (χ2v) is 17.6. The van der Waals surface area contributed by atoms with Gasteiger partial charge in [-0.1, -0.05) is 140 Å². The highest BCUT2D eigenvalue weighted by Crippen LogP contribution is 2.26. The van der Waals surface area contributed by atoms with E-state index in [4.69, 9.17) is 28.4 Å². The van der Waals surface area contributed by atoms with Crippen LogP contribution in [0.25, 0.3) is 0 Å². The third-order valence-electron chi connectivity index (χ3n) is 11.9. The van der Waals surface area contributed by atoms with Crippen LogP contribution in [0.5, 0.6) is 0 Å². The second kappa shape index (κ2) is 38.2. The number of aliphatic hydroxyl groups excluding tert-OH is 7. The molecule has 7 N–H and O–H groups in total. The number of esters is 1. The molecule has 0 aromatic carbocycles. The summed E-state index contributed by atoms with van der Waals surface area (Å²) in [7, 11) is 0. The van der Waals surface area contributed by atoms with Gasteiger partial charge in [-0.3, -0.25) is 4.79 Å². The molecule has 0 aliphatic carbocycles. The minimum absolute atomic E-state index is 0.0521. The molecule has 0 saturated carbocycles. The van der Waals surface area contributed by atoms with Crippen LogP contribution in [-0.4, -0.2) is 142 Å². The molecule has 2 heterocycles. The number of carbonyl (C=O) groups is 1. The molecule has 11 atom stereocenters. The van der Waals surface area contributed by atoms with E-state index < -0.39 is 86.7 Å². The molecule has 0 amide bonds. The number of hydrogen-bond acceptors (Lipinski definition) is 14. The molecule has 14 heteroatoms. The highest BCUT2D eigenvalue weighted by Gasteiger charge is 2.47. The van der Waals surface area contributed by atoms with Crippen molar-refractivity contribution >= 4 is 5.97 Å². The Kier molecular flexibility index (Phi) is 34.8. The zero-order valence-electron chi connectivity index (χ0n) is 39.5. The number of allylic oxidation sites excluding steroid dienone is 6.